The van der Waals surface area contributed by atoms with Gasteiger partial charge in [0.2, 0.25) is 0 Å². The Labute approximate surface area is 135 Å². The third kappa shape index (κ3) is 4.09. The van der Waals surface area contributed by atoms with Crippen molar-refractivity contribution in [2.45, 2.75) is 46.1 Å². The summed E-state index contributed by atoms with van der Waals surface area (Å²) in [5.74, 6) is 0.0703. The highest BCUT2D eigenvalue weighted by Gasteiger charge is 2.23. The molecule has 2 rings (SSSR count). The first-order chi connectivity index (χ1) is 11.1. The molecule has 2 N–H and O–H groups in total. The van der Waals surface area contributed by atoms with Crippen molar-refractivity contribution < 1.29 is 9.18 Å². The van der Waals surface area contributed by atoms with Crippen LogP contribution in [0.15, 0.2) is 4.79 Å². The average molecular weight is 324 g/mol. The summed E-state index contributed by atoms with van der Waals surface area (Å²) in [6.45, 7) is 4.96. The Balaban J connectivity index is 2.01. The summed E-state index contributed by atoms with van der Waals surface area (Å²) < 4.78 is 12.6. The van der Waals surface area contributed by atoms with Crippen LogP contribution in [0.25, 0.3) is 0 Å². The van der Waals surface area contributed by atoms with Crippen LogP contribution in [0.4, 0.5) is 9.18 Å². The molecule has 1 saturated heterocycles. The van der Waals surface area contributed by atoms with Gasteiger partial charge in [0.05, 0.1) is 18.9 Å². The molecule has 6 nitrogen and oxygen atoms in total. The second-order valence-electron chi connectivity index (χ2n) is 5.91. The fraction of sp³-hybridized carbons (Fsp3) is 0.688. The number of nitrogens with one attached hydrogen (secondary N) is 2. The minimum absolute atomic E-state index is 0.0703. The topological polar surface area (TPSA) is 78.1 Å². The van der Waals surface area contributed by atoms with E-state index in [1.807, 2.05) is 13.8 Å². The number of hydrogen-bond donors (Lipinski definition) is 2. The molecule has 0 atom stereocenters. The Bertz CT molecular complexity index is 594. The SMILES string of the molecule is CCc1n[nH]c(=O)c(CNC(=O)N2CCC(CF)CC2)c1CC. The van der Waals surface area contributed by atoms with Crippen molar-refractivity contribution in [3.05, 3.63) is 27.2 Å². The van der Waals surface area contributed by atoms with E-state index in [2.05, 4.69) is 15.5 Å². The van der Waals surface area contributed by atoms with Gasteiger partial charge >= 0.3 is 6.03 Å². The van der Waals surface area contributed by atoms with Crippen molar-refractivity contribution in [3.8, 4) is 0 Å². The molecule has 0 unspecified atom stereocenters. The fourth-order valence-corrected chi connectivity index (χ4v) is 3.03. The van der Waals surface area contributed by atoms with E-state index in [0.29, 0.717) is 37.9 Å². The van der Waals surface area contributed by atoms with Gasteiger partial charge in [-0.1, -0.05) is 13.8 Å². The van der Waals surface area contributed by atoms with E-state index in [1.54, 1.807) is 4.90 Å². The van der Waals surface area contributed by atoms with E-state index in [1.165, 1.54) is 0 Å². The molecule has 1 aromatic rings. The molecule has 1 aliphatic rings. The lowest BCUT2D eigenvalue weighted by atomic mass is 9.99. The van der Waals surface area contributed by atoms with Crippen molar-refractivity contribution in [3.63, 3.8) is 0 Å². The van der Waals surface area contributed by atoms with Crippen LogP contribution in [-0.2, 0) is 19.4 Å². The first-order valence-corrected chi connectivity index (χ1v) is 8.28. The molecule has 0 radical (unpaired) electrons. The number of alkyl halides is 1. The number of carbonyl (C=O) groups is 1. The summed E-state index contributed by atoms with van der Waals surface area (Å²) in [6, 6.07) is -0.196. The molecule has 0 bridgehead atoms. The van der Waals surface area contributed by atoms with Gasteiger partial charge in [-0.2, -0.15) is 5.10 Å². The van der Waals surface area contributed by atoms with Crippen molar-refractivity contribution in [1.29, 1.82) is 0 Å². The lowest BCUT2D eigenvalue weighted by Gasteiger charge is -2.30. The molecule has 1 aliphatic heterocycles. The molecule has 2 amide bonds. The van der Waals surface area contributed by atoms with Crippen LogP contribution in [0.2, 0.25) is 0 Å². The number of carbonyl (C=O) groups excluding carboxylic acids is 1. The summed E-state index contributed by atoms with van der Waals surface area (Å²) in [7, 11) is 0. The van der Waals surface area contributed by atoms with Gasteiger partial charge in [-0.05, 0) is 37.2 Å². The van der Waals surface area contributed by atoms with Gasteiger partial charge in [0, 0.05) is 18.7 Å². The normalized spacial score (nSPS) is 15.7. The van der Waals surface area contributed by atoms with Crippen molar-refractivity contribution >= 4 is 6.03 Å². The van der Waals surface area contributed by atoms with Gasteiger partial charge in [-0.15, -0.1) is 0 Å². The lowest BCUT2D eigenvalue weighted by Crippen LogP contribution is -2.45. The number of H-pyrrole nitrogens is 1. The number of piperidine rings is 1. The smallest absolute Gasteiger partial charge is 0.317 e. The van der Waals surface area contributed by atoms with Crippen LogP contribution >= 0.6 is 0 Å². The Morgan fingerprint density at radius 2 is 2.00 bits per heavy atom. The van der Waals surface area contributed by atoms with Gasteiger partial charge in [-0.25, -0.2) is 9.89 Å². The first-order valence-electron chi connectivity index (χ1n) is 8.28. The number of halogens is 1. The standard InChI is InChI=1S/C16H25FN4O2/c1-3-12-13(15(22)20-19-14(12)4-2)10-18-16(23)21-7-5-11(9-17)6-8-21/h11H,3-10H2,1-2H3,(H,18,23)(H,20,22). The van der Waals surface area contributed by atoms with Gasteiger partial charge in [0.1, 0.15) is 0 Å². The second kappa shape index (κ2) is 8.08. The molecule has 7 heteroatoms. The van der Waals surface area contributed by atoms with Crippen LogP contribution in [0, 0.1) is 5.92 Å². The maximum Gasteiger partial charge on any atom is 0.317 e. The number of hydrogen-bond acceptors (Lipinski definition) is 3. The lowest BCUT2D eigenvalue weighted by molar-refractivity contribution is 0.160. The van der Waals surface area contributed by atoms with Crippen molar-refractivity contribution in [1.82, 2.24) is 20.4 Å². The second-order valence-corrected chi connectivity index (χ2v) is 5.91. The number of amides is 2. The zero-order valence-electron chi connectivity index (χ0n) is 13.8. The molecule has 23 heavy (non-hydrogen) atoms. The van der Waals surface area contributed by atoms with Crippen LogP contribution < -0.4 is 10.9 Å². The predicted molar refractivity (Wildman–Crippen MR) is 86.1 cm³/mol. The highest BCUT2D eigenvalue weighted by molar-refractivity contribution is 5.74. The number of aryl methyl sites for hydroxylation is 1. The highest BCUT2D eigenvalue weighted by Crippen LogP contribution is 2.17. The predicted octanol–water partition coefficient (Wildman–Crippen LogP) is 1.79. The number of rotatable bonds is 5. The fourth-order valence-electron chi connectivity index (χ4n) is 3.03. The summed E-state index contributed by atoms with van der Waals surface area (Å²) in [6.07, 6.45) is 2.82. The van der Waals surface area contributed by atoms with Crippen molar-refractivity contribution in [2.75, 3.05) is 19.8 Å². The third-order valence-corrected chi connectivity index (χ3v) is 4.50. The van der Waals surface area contributed by atoms with Crippen LogP contribution in [0.5, 0.6) is 0 Å². The molecule has 0 aromatic carbocycles. The van der Waals surface area contributed by atoms with Crippen LogP contribution in [0.1, 0.15) is 43.5 Å². The number of urea groups is 1. The molecule has 2 heterocycles. The molecule has 0 saturated carbocycles. The Morgan fingerprint density at radius 3 is 2.57 bits per heavy atom. The number of likely N-dealkylation sites (tertiary alicyclic amines) is 1. The van der Waals surface area contributed by atoms with Crippen molar-refractivity contribution in [2.24, 2.45) is 5.92 Å². The summed E-state index contributed by atoms with van der Waals surface area (Å²) in [5.41, 5.74) is 2.09. The molecule has 128 valence electrons. The Morgan fingerprint density at radius 1 is 1.30 bits per heavy atom. The monoisotopic (exact) mass is 324 g/mol. The molecule has 1 fully saturated rings. The number of aromatic nitrogens is 2. The largest absolute Gasteiger partial charge is 0.334 e. The maximum absolute atomic E-state index is 12.6. The number of nitrogens with zero attached hydrogens (tertiary/aromatic N) is 2. The average Bonchev–Trinajstić information content (AvgIpc) is 2.60. The van der Waals surface area contributed by atoms with E-state index in [-0.39, 0.29) is 30.7 Å². The molecule has 0 aliphatic carbocycles. The minimum atomic E-state index is -0.318. The van der Waals surface area contributed by atoms with Gasteiger partial charge in [0.15, 0.2) is 0 Å². The van der Waals surface area contributed by atoms with Gasteiger partial charge in [0.25, 0.3) is 5.56 Å². The zero-order valence-corrected chi connectivity index (χ0v) is 13.8. The van der Waals surface area contributed by atoms with Gasteiger partial charge < -0.3 is 10.2 Å². The molecule has 1 aromatic heterocycles. The molecular formula is C16H25FN4O2. The van der Waals surface area contributed by atoms with Crippen LogP contribution in [-0.4, -0.2) is 40.9 Å². The Kier molecular flexibility index (Phi) is 6.12. The highest BCUT2D eigenvalue weighted by atomic mass is 19.1. The van der Waals surface area contributed by atoms with Gasteiger partial charge in [-0.3, -0.25) is 9.18 Å². The van der Waals surface area contributed by atoms with E-state index in [9.17, 15) is 14.0 Å². The number of aromatic amines is 1. The van der Waals surface area contributed by atoms with E-state index < -0.39 is 0 Å². The summed E-state index contributed by atoms with van der Waals surface area (Å²) >= 11 is 0. The molecular weight excluding hydrogens is 299 g/mol. The summed E-state index contributed by atoms with van der Waals surface area (Å²) in [4.78, 5) is 25.9. The van der Waals surface area contributed by atoms with E-state index >= 15 is 0 Å². The maximum atomic E-state index is 12.6. The quantitative estimate of drug-likeness (QED) is 0.867. The minimum Gasteiger partial charge on any atom is -0.334 e. The summed E-state index contributed by atoms with van der Waals surface area (Å²) in [5, 5.41) is 9.38. The Hall–Kier alpha value is -1.92. The van der Waals surface area contributed by atoms with E-state index in [4.69, 9.17) is 0 Å². The zero-order chi connectivity index (χ0) is 16.8. The third-order valence-electron chi connectivity index (χ3n) is 4.50. The van der Waals surface area contributed by atoms with Crippen LogP contribution in [0.3, 0.4) is 0 Å². The molecule has 0 spiro atoms. The first kappa shape index (κ1) is 17.4. The van der Waals surface area contributed by atoms with E-state index in [0.717, 1.165) is 17.7 Å².